The van der Waals surface area contributed by atoms with E-state index in [2.05, 4.69) is 10.2 Å². The van der Waals surface area contributed by atoms with E-state index < -0.39 is 11.7 Å². The molecular formula is C17H17F3N4O2. The molecule has 4 rings (SSSR count). The number of amides is 2. The summed E-state index contributed by atoms with van der Waals surface area (Å²) in [5.41, 5.74) is 0.405. The number of likely N-dealkylation sites (tertiary alicyclic amines) is 1. The number of hydrogen-bond acceptors (Lipinski definition) is 3. The molecule has 1 aromatic heterocycles. The van der Waals surface area contributed by atoms with Crippen LogP contribution >= 0.6 is 0 Å². The van der Waals surface area contributed by atoms with Crippen molar-refractivity contribution in [2.75, 3.05) is 31.1 Å². The Hall–Kier alpha value is -2.71. The van der Waals surface area contributed by atoms with Gasteiger partial charge in [0.2, 0.25) is 0 Å². The Bertz CT molecular complexity index is 807. The van der Waals surface area contributed by atoms with E-state index in [1.165, 1.54) is 11.0 Å². The number of aromatic amines is 1. The van der Waals surface area contributed by atoms with Gasteiger partial charge >= 0.3 is 12.2 Å². The van der Waals surface area contributed by atoms with Gasteiger partial charge in [-0.3, -0.25) is 10.00 Å². The minimum Gasteiger partial charge on any atom is -0.490 e. The van der Waals surface area contributed by atoms with Crippen LogP contribution in [0.1, 0.15) is 23.5 Å². The first-order chi connectivity index (χ1) is 12.4. The largest absolute Gasteiger partial charge is 0.490 e. The first-order valence-corrected chi connectivity index (χ1v) is 8.32. The number of fused-ring (bicyclic) bond motifs is 1. The molecule has 0 saturated carbocycles. The fraction of sp³-hybridized carbons (Fsp3) is 0.412. The van der Waals surface area contributed by atoms with Crippen LogP contribution in [0.2, 0.25) is 0 Å². The van der Waals surface area contributed by atoms with Gasteiger partial charge in [-0.05, 0) is 30.2 Å². The predicted octanol–water partition coefficient (Wildman–Crippen LogP) is 3.24. The van der Waals surface area contributed by atoms with Gasteiger partial charge in [-0.25, -0.2) is 4.79 Å². The third-order valence-electron chi connectivity index (χ3n) is 4.83. The number of H-pyrrole nitrogens is 1. The number of alkyl halides is 3. The van der Waals surface area contributed by atoms with E-state index in [1.54, 1.807) is 17.3 Å². The highest BCUT2D eigenvalue weighted by atomic mass is 19.4. The molecule has 26 heavy (non-hydrogen) atoms. The standard InChI is InChI=1S/C17H17F3N4O2/c18-17(19,20)13-1-2-15-14(7-13)24(5-6-26-15)16(25)23-4-3-11(10-23)12-8-21-22-9-12/h1-2,7-9,11H,3-6,10H2,(H,21,22). The fourth-order valence-corrected chi connectivity index (χ4v) is 3.45. The second-order valence-electron chi connectivity index (χ2n) is 6.43. The molecule has 9 heteroatoms. The van der Waals surface area contributed by atoms with Crippen LogP contribution in [0.5, 0.6) is 5.75 Å². The summed E-state index contributed by atoms with van der Waals surface area (Å²) in [5, 5.41) is 6.69. The van der Waals surface area contributed by atoms with Gasteiger partial charge in [0, 0.05) is 25.2 Å². The number of hydrogen-bond donors (Lipinski definition) is 1. The highest BCUT2D eigenvalue weighted by molar-refractivity contribution is 5.94. The number of urea groups is 1. The summed E-state index contributed by atoms with van der Waals surface area (Å²) in [4.78, 5) is 16.0. The van der Waals surface area contributed by atoms with Crippen LogP contribution in [0.3, 0.4) is 0 Å². The molecule has 2 aliphatic heterocycles. The Labute approximate surface area is 147 Å². The van der Waals surface area contributed by atoms with E-state index in [0.29, 0.717) is 18.8 Å². The molecule has 2 aromatic rings. The van der Waals surface area contributed by atoms with Gasteiger partial charge in [-0.2, -0.15) is 18.3 Å². The number of ether oxygens (including phenoxy) is 1. The van der Waals surface area contributed by atoms with Crippen molar-refractivity contribution in [3.63, 3.8) is 0 Å². The van der Waals surface area contributed by atoms with E-state index in [-0.39, 0.29) is 30.8 Å². The Morgan fingerprint density at radius 2 is 2.15 bits per heavy atom. The van der Waals surface area contributed by atoms with Gasteiger partial charge in [-0.1, -0.05) is 0 Å². The average Bonchev–Trinajstić information content (AvgIpc) is 3.30. The molecule has 3 heterocycles. The molecule has 1 aromatic carbocycles. The summed E-state index contributed by atoms with van der Waals surface area (Å²) < 4.78 is 44.5. The number of rotatable bonds is 1. The topological polar surface area (TPSA) is 61.5 Å². The first kappa shape index (κ1) is 16.7. The SMILES string of the molecule is O=C(N1CCC(c2cn[nH]c2)C1)N1CCOc2ccc(C(F)(F)F)cc21. The van der Waals surface area contributed by atoms with E-state index in [0.717, 1.165) is 24.1 Å². The maximum absolute atomic E-state index is 13.0. The predicted molar refractivity (Wildman–Crippen MR) is 87.2 cm³/mol. The van der Waals surface area contributed by atoms with E-state index in [1.807, 2.05) is 0 Å². The van der Waals surface area contributed by atoms with Crippen molar-refractivity contribution in [3.8, 4) is 5.75 Å². The number of benzene rings is 1. The van der Waals surface area contributed by atoms with Gasteiger partial charge in [0.15, 0.2) is 0 Å². The second kappa shape index (κ2) is 6.22. The van der Waals surface area contributed by atoms with Crippen molar-refractivity contribution in [1.82, 2.24) is 15.1 Å². The molecule has 1 N–H and O–H groups in total. The van der Waals surface area contributed by atoms with Crippen LogP contribution in [0, 0.1) is 0 Å². The summed E-state index contributed by atoms with van der Waals surface area (Å²) in [7, 11) is 0. The van der Waals surface area contributed by atoms with Crippen LogP contribution in [-0.2, 0) is 6.18 Å². The molecule has 138 valence electrons. The van der Waals surface area contributed by atoms with Crippen LogP contribution in [0.4, 0.5) is 23.7 Å². The summed E-state index contributed by atoms with van der Waals surface area (Å²) in [6, 6.07) is 2.93. The van der Waals surface area contributed by atoms with Crippen LogP contribution < -0.4 is 9.64 Å². The lowest BCUT2D eigenvalue weighted by Gasteiger charge is -2.33. The third-order valence-corrected chi connectivity index (χ3v) is 4.83. The minimum absolute atomic E-state index is 0.169. The van der Waals surface area contributed by atoms with Gasteiger partial charge in [-0.15, -0.1) is 0 Å². The zero-order chi connectivity index (χ0) is 18.3. The maximum Gasteiger partial charge on any atom is 0.416 e. The molecule has 6 nitrogen and oxygen atoms in total. The molecule has 1 atom stereocenters. The zero-order valence-corrected chi connectivity index (χ0v) is 13.8. The Kier molecular flexibility index (Phi) is 4.01. The second-order valence-corrected chi connectivity index (χ2v) is 6.43. The van der Waals surface area contributed by atoms with Crippen LogP contribution in [-0.4, -0.2) is 47.4 Å². The summed E-state index contributed by atoms with van der Waals surface area (Å²) in [5.74, 6) is 0.475. The summed E-state index contributed by atoms with van der Waals surface area (Å²) >= 11 is 0. The highest BCUT2D eigenvalue weighted by Gasteiger charge is 2.36. The molecule has 1 saturated heterocycles. The van der Waals surface area contributed by atoms with Crippen molar-refractivity contribution in [3.05, 3.63) is 41.7 Å². The zero-order valence-electron chi connectivity index (χ0n) is 13.8. The van der Waals surface area contributed by atoms with Crippen LogP contribution in [0.25, 0.3) is 0 Å². The lowest BCUT2D eigenvalue weighted by atomic mass is 10.0. The Balaban J connectivity index is 1.56. The van der Waals surface area contributed by atoms with Gasteiger partial charge in [0.1, 0.15) is 12.4 Å². The van der Waals surface area contributed by atoms with Crippen molar-refractivity contribution >= 4 is 11.7 Å². The molecule has 0 radical (unpaired) electrons. The fourth-order valence-electron chi connectivity index (χ4n) is 3.45. The van der Waals surface area contributed by atoms with E-state index >= 15 is 0 Å². The van der Waals surface area contributed by atoms with Crippen molar-refractivity contribution in [2.45, 2.75) is 18.5 Å². The average molecular weight is 366 g/mol. The number of carbonyl (C=O) groups is 1. The molecule has 0 aliphatic carbocycles. The highest BCUT2D eigenvalue weighted by Crippen LogP contribution is 2.39. The number of carbonyl (C=O) groups excluding carboxylic acids is 1. The Morgan fingerprint density at radius 1 is 1.31 bits per heavy atom. The van der Waals surface area contributed by atoms with Crippen LogP contribution in [0.15, 0.2) is 30.6 Å². The molecule has 0 spiro atoms. The van der Waals surface area contributed by atoms with Crippen molar-refractivity contribution < 1.29 is 22.7 Å². The Morgan fingerprint density at radius 3 is 2.88 bits per heavy atom. The number of halogens is 3. The lowest BCUT2D eigenvalue weighted by molar-refractivity contribution is -0.137. The summed E-state index contributed by atoms with van der Waals surface area (Å²) in [6.45, 7) is 1.55. The number of nitrogens with one attached hydrogen (secondary N) is 1. The van der Waals surface area contributed by atoms with Crippen molar-refractivity contribution in [2.24, 2.45) is 0 Å². The quantitative estimate of drug-likeness (QED) is 0.843. The molecule has 2 aliphatic rings. The molecule has 1 unspecified atom stereocenters. The van der Waals surface area contributed by atoms with E-state index in [9.17, 15) is 18.0 Å². The molecular weight excluding hydrogens is 349 g/mol. The number of aromatic nitrogens is 2. The smallest absolute Gasteiger partial charge is 0.416 e. The molecule has 2 amide bonds. The molecule has 0 bridgehead atoms. The van der Waals surface area contributed by atoms with Gasteiger partial charge in [0.25, 0.3) is 0 Å². The monoisotopic (exact) mass is 366 g/mol. The maximum atomic E-state index is 13.0. The first-order valence-electron chi connectivity index (χ1n) is 8.32. The van der Waals surface area contributed by atoms with Gasteiger partial charge < -0.3 is 9.64 Å². The molecule has 1 fully saturated rings. The van der Waals surface area contributed by atoms with E-state index in [4.69, 9.17) is 4.74 Å². The summed E-state index contributed by atoms with van der Waals surface area (Å²) in [6.07, 6.45) is -0.136. The minimum atomic E-state index is -4.47. The van der Waals surface area contributed by atoms with Gasteiger partial charge in [0.05, 0.1) is 24.0 Å². The third kappa shape index (κ3) is 2.97. The van der Waals surface area contributed by atoms with Crippen molar-refractivity contribution in [1.29, 1.82) is 0 Å². The lowest BCUT2D eigenvalue weighted by Crippen LogP contribution is -2.46. The number of anilines is 1. The normalized spacial score (nSPS) is 20.0. The number of nitrogens with zero attached hydrogens (tertiary/aromatic N) is 3.